The van der Waals surface area contributed by atoms with Crippen molar-refractivity contribution in [3.8, 4) is 0 Å². The zero-order valence-corrected chi connectivity index (χ0v) is 16.3. The number of benzene rings is 1. The topological polar surface area (TPSA) is 86.9 Å². The van der Waals surface area contributed by atoms with Gasteiger partial charge in [0.25, 0.3) is 0 Å². The van der Waals surface area contributed by atoms with Crippen LogP contribution in [-0.2, 0) is 28.0 Å². The number of carbonyl (C=O) groups excluding carboxylic acids is 1. The minimum absolute atomic E-state index is 0.134. The number of nitrogens with zero attached hydrogens (tertiary/aromatic N) is 3. The number of hydrogen-bond acceptors (Lipinski definition) is 4. The molecule has 0 unspecified atom stereocenters. The van der Waals surface area contributed by atoms with Crippen molar-refractivity contribution >= 4 is 28.4 Å². The van der Waals surface area contributed by atoms with Crippen molar-refractivity contribution in [2.75, 3.05) is 19.7 Å². The normalized spacial score (nSPS) is 18.5. The van der Waals surface area contributed by atoms with E-state index in [1.807, 2.05) is 4.90 Å². The molecule has 0 aliphatic carbocycles. The van der Waals surface area contributed by atoms with E-state index < -0.39 is 0 Å². The molecule has 2 aliphatic heterocycles. The molecule has 0 saturated carbocycles. The lowest BCUT2D eigenvalue weighted by Gasteiger charge is -2.43. The third-order valence-corrected chi connectivity index (χ3v) is 6.17. The molecule has 8 heteroatoms. The number of piperidine rings is 1. The molecule has 0 radical (unpaired) electrons. The van der Waals surface area contributed by atoms with Crippen molar-refractivity contribution in [2.45, 2.75) is 37.7 Å². The van der Waals surface area contributed by atoms with Crippen LogP contribution in [0, 0.1) is 0 Å². The molecule has 2 aliphatic rings. The van der Waals surface area contributed by atoms with Crippen LogP contribution in [0.2, 0.25) is 5.28 Å². The van der Waals surface area contributed by atoms with Gasteiger partial charge in [0.05, 0.1) is 12.3 Å². The Hall–Kier alpha value is -2.38. The van der Waals surface area contributed by atoms with Gasteiger partial charge < -0.3 is 14.6 Å². The fourth-order valence-corrected chi connectivity index (χ4v) is 4.69. The first-order valence-corrected chi connectivity index (χ1v) is 10.1. The van der Waals surface area contributed by atoms with Gasteiger partial charge in [-0.3, -0.25) is 9.89 Å². The maximum atomic E-state index is 12.6. The number of aryl methyl sites for hydroxylation is 1. The summed E-state index contributed by atoms with van der Waals surface area (Å²) in [7, 11) is 0. The van der Waals surface area contributed by atoms with Gasteiger partial charge in [0.2, 0.25) is 11.2 Å². The lowest BCUT2D eigenvalue weighted by molar-refractivity contribution is -0.141. The van der Waals surface area contributed by atoms with Crippen molar-refractivity contribution in [1.82, 2.24) is 25.1 Å². The molecule has 2 aromatic heterocycles. The zero-order valence-electron chi connectivity index (χ0n) is 15.5. The highest BCUT2D eigenvalue weighted by Gasteiger charge is 2.43. The smallest absolute Gasteiger partial charge is 0.242 e. The summed E-state index contributed by atoms with van der Waals surface area (Å²) in [6.07, 6.45) is 3.47. The third-order valence-electron chi connectivity index (χ3n) is 6.00. The van der Waals surface area contributed by atoms with Gasteiger partial charge in [0.15, 0.2) is 0 Å². The van der Waals surface area contributed by atoms with Gasteiger partial charge in [-0.25, -0.2) is 4.98 Å². The number of carbonyl (C=O) groups is 1. The Morgan fingerprint density at radius 1 is 1.29 bits per heavy atom. The molecular weight excluding hydrogens is 378 g/mol. The summed E-state index contributed by atoms with van der Waals surface area (Å²) in [5, 5.41) is 8.02. The molecule has 7 nitrogen and oxygen atoms in total. The van der Waals surface area contributed by atoms with E-state index in [9.17, 15) is 4.79 Å². The molecule has 1 aromatic carbocycles. The summed E-state index contributed by atoms with van der Waals surface area (Å²) in [5.74, 6) is 0.778. The number of likely N-dealkylation sites (tertiary alicyclic amines) is 1. The fraction of sp³-hybridized carbons (Fsp3) is 0.450. The summed E-state index contributed by atoms with van der Waals surface area (Å²) >= 11 is 5.71. The van der Waals surface area contributed by atoms with Gasteiger partial charge in [0.1, 0.15) is 11.4 Å². The van der Waals surface area contributed by atoms with Crippen LogP contribution in [0.25, 0.3) is 10.9 Å². The van der Waals surface area contributed by atoms with Crippen LogP contribution >= 0.6 is 11.6 Å². The Labute approximate surface area is 167 Å². The first-order chi connectivity index (χ1) is 13.6. The van der Waals surface area contributed by atoms with E-state index in [2.05, 4.69) is 44.4 Å². The van der Waals surface area contributed by atoms with Crippen LogP contribution < -0.4 is 0 Å². The SMILES string of the molecule is O=C(CCc1nc(Cl)n[nH]1)N1CCC2(CC1)OCCc1c2[nH]c2ccccc12. The highest BCUT2D eigenvalue weighted by Crippen LogP contribution is 2.43. The van der Waals surface area contributed by atoms with E-state index in [0.29, 0.717) is 31.8 Å². The molecule has 4 heterocycles. The number of aromatic amines is 2. The highest BCUT2D eigenvalue weighted by molar-refractivity contribution is 6.28. The minimum Gasteiger partial charge on any atom is -0.368 e. The molecule has 1 spiro atoms. The Morgan fingerprint density at radius 2 is 2.11 bits per heavy atom. The Kier molecular flexibility index (Phi) is 4.36. The van der Waals surface area contributed by atoms with Gasteiger partial charge in [-0.05, 0) is 42.5 Å². The molecule has 1 fully saturated rings. The number of nitrogens with one attached hydrogen (secondary N) is 2. The number of aromatic nitrogens is 4. The Bertz CT molecular complexity index is 1020. The van der Waals surface area contributed by atoms with E-state index in [1.165, 1.54) is 22.2 Å². The number of ether oxygens (including phenoxy) is 1. The predicted molar refractivity (Wildman–Crippen MR) is 105 cm³/mol. The first kappa shape index (κ1) is 17.7. The summed E-state index contributed by atoms with van der Waals surface area (Å²) in [6.45, 7) is 2.13. The van der Waals surface area contributed by atoms with Crippen molar-refractivity contribution in [1.29, 1.82) is 0 Å². The standard InChI is InChI=1S/C20H22ClN5O2/c21-19-23-16(24-25-19)5-6-17(27)26-10-8-20(9-11-26)18-14(7-12-28-20)13-3-1-2-4-15(13)22-18/h1-4,22H,5-12H2,(H,23,24,25). The summed E-state index contributed by atoms with van der Waals surface area (Å²) in [4.78, 5) is 22.2. The van der Waals surface area contributed by atoms with Gasteiger partial charge in [-0.15, -0.1) is 5.10 Å². The Morgan fingerprint density at radius 3 is 2.89 bits per heavy atom. The van der Waals surface area contributed by atoms with Crippen LogP contribution in [-0.4, -0.2) is 50.7 Å². The number of fused-ring (bicyclic) bond motifs is 4. The number of H-pyrrole nitrogens is 2. The van der Waals surface area contributed by atoms with E-state index >= 15 is 0 Å². The fourth-order valence-electron chi connectivity index (χ4n) is 4.55. The number of hydrogen-bond donors (Lipinski definition) is 2. The number of amides is 1. The summed E-state index contributed by atoms with van der Waals surface area (Å²) < 4.78 is 6.32. The lowest BCUT2D eigenvalue weighted by atomic mass is 9.83. The summed E-state index contributed by atoms with van der Waals surface area (Å²) in [5.41, 5.74) is 3.45. The second-order valence-corrected chi connectivity index (χ2v) is 7.89. The van der Waals surface area contributed by atoms with Crippen molar-refractivity contribution in [2.24, 2.45) is 0 Å². The minimum atomic E-state index is -0.304. The molecule has 3 aromatic rings. The summed E-state index contributed by atoms with van der Waals surface area (Å²) in [6, 6.07) is 8.44. The molecule has 0 atom stereocenters. The molecule has 5 rings (SSSR count). The molecule has 28 heavy (non-hydrogen) atoms. The van der Waals surface area contributed by atoms with Crippen LogP contribution in [0.15, 0.2) is 24.3 Å². The van der Waals surface area contributed by atoms with Crippen molar-refractivity contribution in [3.63, 3.8) is 0 Å². The van der Waals surface area contributed by atoms with Gasteiger partial charge in [0, 0.05) is 36.8 Å². The molecule has 1 amide bonds. The number of halogens is 1. The Balaban J connectivity index is 1.29. The molecule has 0 bridgehead atoms. The second-order valence-electron chi connectivity index (χ2n) is 7.55. The second kappa shape index (κ2) is 6.90. The van der Waals surface area contributed by atoms with Crippen molar-refractivity contribution in [3.05, 3.63) is 46.6 Å². The maximum Gasteiger partial charge on any atom is 0.242 e. The molecular formula is C20H22ClN5O2. The number of para-hydroxylation sites is 1. The quantitative estimate of drug-likeness (QED) is 0.708. The van der Waals surface area contributed by atoms with Gasteiger partial charge in [-0.2, -0.15) is 0 Å². The average molecular weight is 400 g/mol. The van der Waals surface area contributed by atoms with Crippen LogP contribution in [0.1, 0.15) is 36.3 Å². The van der Waals surface area contributed by atoms with E-state index in [1.54, 1.807) is 0 Å². The highest BCUT2D eigenvalue weighted by atomic mass is 35.5. The van der Waals surface area contributed by atoms with Gasteiger partial charge >= 0.3 is 0 Å². The number of rotatable bonds is 3. The molecule has 146 valence electrons. The van der Waals surface area contributed by atoms with E-state index in [0.717, 1.165) is 25.9 Å². The van der Waals surface area contributed by atoms with Crippen LogP contribution in [0.4, 0.5) is 0 Å². The monoisotopic (exact) mass is 399 g/mol. The zero-order chi connectivity index (χ0) is 19.1. The van der Waals surface area contributed by atoms with E-state index in [4.69, 9.17) is 16.3 Å². The first-order valence-electron chi connectivity index (χ1n) is 9.73. The predicted octanol–water partition coefficient (Wildman–Crippen LogP) is 2.96. The largest absolute Gasteiger partial charge is 0.368 e. The average Bonchev–Trinajstić information content (AvgIpc) is 3.31. The molecule has 2 N–H and O–H groups in total. The maximum absolute atomic E-state index is 12.6. The molecule has 1 saturated heterocycles. The van der Waals surface area contributed by atoms with Gasteiger partial charge in [-0.1, -0.05) is 18.2 Å². The lowest BCUT2D eigenvalue weighted by Crippen LogP contribution is -2.48. The van der Waals surface area contributed by atoms with Crippen molar-refractivity contribution < 1.29 is 9.53 Å². The van der Waals surface area contributed by atoms with Crippen LogP contribution in [0.5, 0.6) is 0 Å². The third kappa shape index (κ3) is 2.99. The van der Waals surface area contributed by atoms with E-state index in [-0.39, 0.29) is 16.8 Å². The van der Waals surface area contributed by atoms with Crippen LogP contribution in [0.3, 0.4) is 0 Å².